The minimum Gasteiger partial charge on any atom is -0.294 e. The highest BCUT2D eigenvalue weighted by atomic mass is 35.5. The van der Waals surface area contributed by atoms with Crippen molar-refractivity contribution in [3.8, 4) is 0 Å². The predicted molar refractivity (Wildman–Crippen MR) is 97.0 cm³/mol. The van der Waals surface area contributed by atoms with Crippen LogP contribution >= 0.6 is 11.6 Å². The van der Waals surface area contributed by atoms with E-state index in [0.717, 1.165) is 11.6 Å². The Morgan fingerprint density at radius 3 is 2.59 bits per heavy atom. The topological polar surface area (TPSA) is 34.9 Å². The zero-order chi connectivity index (χ0) is 19.6. The van der Waals surface area contributed by atoms with E-state index in [-0.39, 0.29) is 29.3 Å². The summed E-state index contributed by atoms with van der Waals surface area (Å²) in [6.45, 7) is 1.79. The quantitative estimate of drug-likeness (QED) is 0.549. The van der Waals surface area contributed by atoms with Crippen molar-refractivity contribution < 1.29 is 18.0 Å². The molecule has 0 spiro atoms. The molecular weight excluding hydrogens is 377 g/mol. The molecule has 2 aromatic carbocycles. The first-order valence-electron chi connectivity index (χ1n) is 8.21. The third-order valence-corrected chi connectivity index (χ3v) is 4.43. The molecule has 0 radical (unpaired) electrons. The van der Waals surface area contributed by atoms with E-state index in [2.05, 4.69) is 5.10 Å². The number of aryl methyl sites for hydroxylation is 1. The number of carbonyl (C=O) groups excluding carboxylic acids is 1. The Morgan fingerprint density at radius 2 is 1.89 bits per heavy atom. The van der Waals surface area contributed by atoms with E-state index in [0.29, 0.717) is 11.3 Å². The minimum absolute atomic E-state index is 0.0241. The van der Waals surface area contributed by atoms with Crippen LogP contribution in [0.2, 0.25) is 5.02 Å². The maximum atomic E-state index is 13.2. The first-order valence-corrected chi connectivity index (χ1v) is 8.58. The van der Waals surface area contributed by atoms with Gasteiger partial charge in [-0.25, -0.2) is 0 Å². The lowest BCUT2D eigenvalue weighted by Gasteiger charge is -2.13. The van der Waals surface area contributed by atoms with Gasteiger partial charge in [0.15, 0.2) is 5.78 Å². The van der Waals surface area contributed by atoms with Gasteiger partial charge < -0.3 is 0 Å². The molecule has 0 bridgehead atoms. The van der Waals surface area contributed by atoms with Crippen LogP contribution in [-0.4, -0.2) is 15.6 Å². The van der Waals surface area contributed by atoms with Crippen LogP contribution in [0.4, 0.5) is 13.2 Å². The second-order valence-corrected chi connectivity index (χ2v) is 6.66. The first-order chi connectivity index (χ1) is 12.7. The molecule has 3 aromatic rings. The molecule has 7 heteroatoms. The van der Waals surface area contributed by atoms with Crippen molar-refractivity contribution >= 4 is 17.4 Å². The zero-order valence-corrected chi connectivity index (χ0v) is 15.2. The van der Waals surface area contributed by atoms with E-state index in [1.165, 1.54) is 16.8 Å². The third kappa shape index (κ3) is 4.57. The number of benzene rings is 2. The molecule has 1 aromatic heterocycles. The molecule has 27 heavy (non-hydrogen) atoms. The van der Waals surface area contributed by atoms with Crippen LogP contribution in [0.1, 0.15) is 32.7 Å². The van der Waals surface area contributed by atoms with E-state index in [1.54, 1.807) is 24.4 Å². The van der Waals surface area contributed by atoms with Crippen molar-refractivity contribution in [1.82, 2.24) is 9.78 Å². The van der Waals surface area contributed by atoms with Crippen LogP contribution < -0.4 is 0 Å². The first kappa shape index (κ1) is 19.2. The highest BCUT2D eigenvalue weighted by Crippen LogP contribution is 2.34. The van der Waals surface area contributed by atoms with Gasteiger partial charge in [0.05, 0.1) is 24.2 Å². The lowest BCUT2D eigenvalue weighted by molar-refractivity contribution is -0.138. The summed E-state index contributed by atoms with van der Waals surface area (Å²) in [5, 5.41) is 4.27. The molecule has 0 saturated carbocycles. The summed E-state index contributed by atoms with van der Waals surface area (Å²) in [6, 6.07) is 12.5. The zero-order valence-electron chi connectivity index (χ0n) is 14.4. The van der Waals surface area contributed by atoms with Gasteiger partial charge in [0.25, 0.3) is 0 Å². The lowest BCUT2D eigenvalue weighted by atomic mass is 10.0. The van der Waals surface area contributed by atoms with Gasteiger partial charge in [-0.15, -0.1) is 0 Å². The molecule has 3 rings (SSSR count). The molecule has 0 unspecified atom stereocenters. The van der Waals surface area contributed by atoms with Gasteiger partial charge in [0, 0.05) is 16.8 Å². The van der Waals surface area contributed by atoms with E-state index in [9.17, 15) is 18.0 Å². The number of rotatable bonds is 5. The molecule has 0 N–H and O–H groups in total. The van der Waals surface area contributed by atoms with Crippen LogP contribution in [0.25, 0.3) is 0 Å². The number of hydrogen-bond acceptors (Lipinski definition) is 2. The third-order valence-electron chi connectivity index (χ3n) is 4.19. The minimum atomic E-state index is -4.50. The number of halogens is 4. The average molecular weight is 393 g/mol. The summed E-state index contributed by atoms with van der Waals surface area (Å²) in [6.07, 6.45) is -2.85. The monoisotopic (exact) mass is 392 g/mol. The molecule has 3 nitrogen and oxygen atoms in total. The maximum Gasteiger partial charge on any atom is 0.416 e. The van der Waals surface area contributed by atoms with Crippen molar-refractivity contribution in [2.75, 3.05) is 0 Å². The Bertz CT molecular complexity index is 979. The molecule has 0 saturated heterocycles. The summed E-state index contributed by atoms with van der Waals surface area (Å²) in [5.41, 5.74) is 1.27. The summed E-state index contributed by atoms with van der Waals surface area (Å²) < 4.78 is 41.0. The number of nitrogens with zero attached hydrogens (tertiary/aromatic N) is 2. The fraction of sp³-hybridized carbons (Fsp3) is 0.200. The van der Waals surface area contributed by atoms with E-state index >= 15 is 0 Å². The van der Waals surface area contributed by atoms with Crippen LogP contribution in [-0.2, 0) is 19.1 Å². The van der Waals surface area contributed by atoms with Crippen LogP contribution in [0.15, 0.2) is 54.7 Å². The van der Waals surface area contributed by atoms with Crippen LogP contribution in [0.3, 0.4) is 0 Å². The van der Waals surface area contributed by atoms with Gasteiger partial charge in [-0.2, -0.15) is 18.3 Å². The highest BCUT2D eigenvalue weighted by molar-refractivity contribution is 6.30. The molecule has 0 fully saturated rings. The second kappa shape index (κ2) is 7.56. The number of hydrogen-bond donors (Lipinski definition) is 0. The fourth-order valence-electron chi connectivity index (χ4n) is 2.86. The normalized spacial score (nSPS) is 11.6. The van der Waals surface area contributed by atoms with Crippen LogP contribution in [0, 0.1) is 6.92 Å². The van der Waals surface area contributed by atoms with Gasteiger partial charge in [0.2, 0.25) is 0 Å². The lowest BCUT2D eigenvalue weighted by Crippen LogP contribution is -2.12. The molecule has 140 valence electrons. The number of aromatic nitrogens is 2. The number of Topliss-reactive ketones (excluding diaryl/α,β-unsaturated/α-hetero) is 1. The number of ketones is 1. The Balaban J connectivity index is 1.78. The number of alkyl halides is 3. The van der Waals surface area contributed by atoms with E-state index in [1.807, 2.05) is 19.1 Å². The van der Waals surface area contributed by atoms with E-state index in [4.69, 9.17) is 11.6 Å². The van der Waals surface area contributed by atoms with Crippen molar-refractivity contribution in [3.05, 3.63) is 87.7 Å². The Labute approximate surface area is 159 Å². The van der Waals surface area contributed by atoms with Crippen molar-refractivity contribution in [2.45, 2.75) is 26.1 Å². The van der Waals surface area contributed by atoms with Gasteiger partial charge in [-0.05, 0) is 36.2 Å². The van der Waals surface area contributed by atoms with Gasteiger partial charge in [-0.3, -0.25) is 9.48 Å². The van der Waals surface area contributed by atoms with E-state index < -0.39 is 11.7 Å². The van der Waals surface area contributed by atoms with Crippen LogP contribution in [0.5, 0.6) is 0 Å². The fourth-order valence-corrected chi connectivity index (χ4v) is 3.03. The molecule has 0 aliphatic heterocycles. The summed E-state index contributed by atoms with van der Waals surface area (Å²) in [4.78, 5) is 12.4. The van der Waals surface area contributed by atoms with Gasteiger partial charge in [0.1, 0.15) is 0 Å². The average Bonchev–Trinajstić information content (AvgIpc) is 3.03. The standard InChI is InChI=1S/C20H16ClF3N2O/c1-13-4-2-3-5-17(13)19(27)11-16-8-9-26(25-16)12-14-6-7-15(21)10-18(14)20(22,23)24/h2-10H,11-12H2,1H3. The van der Waals surface area contributed by atoms with Crippen molar-refractivity contribution in [2.24, 2.45) is 0 Å². The highest BCUT2D eigenvalue weighted by Gasteiger charge is 2.33. The molecular formula is C20H16ClF3N2O. The van der Waals surface area contributed by atoms with Gasteiger partial charge in [-0.1, -0.05) is 41.9 Å². The second-order valence-electron chi connectivity index (χ2n) is 6.22. The molecule has 0 aliphatic rings. The van der Waals surface area contributed by atoms with Gasteiger partial charge >= 0.3 is 6.18 Å². The Kier molecular flexibility index (Phi) is 5.37. The van der Waals surface area contributed by atoms with Crippen molar-refractivity contribution in [3.63, 3.8) is 0 Å². The Morgan fingerprint density at radius 1 is 1.15 bits per heavy atom. The summed E-state index contributed by atoms with van der Waals surface area (Å²) >= 11 is 5.70. The molecule has 0 atom stereocenters. The maximum absolute atomic E-state index is 13.2. The Hall–Kier alpha value is -2.60. The molecule has 1 heterocycles. The predicted octanol–water partition coefficient (Wildman–Crippen LogP) is 5.34. The summed E-state index contributed by atoms with van der Waals surface area (Å²) in [5.74, 6) is -0.0826. The molecule has 0 amide bonds. The smallest absolute Gasteiger partial charge is 0.294 e. The SMILES string of the molecule is Cc1ccccc1C(=O)Cc1ccn(Cc2ccc(Cl)cc2C(F)(F)F)n1. The largest absolute Gasteiger partial charge is 0.416 e. The summed E-state index contributed by atoms with van der Waals surface area (Å²) in [7, 11) is 0. The van der Waals surface area contributed by atoms with Crippen molar-refractivity contribution in [1.29, 1.82) is 0 Å². The molecule has 0 aliphatic carbocycles. The number of carbonyl (C=O) groups is 1.